The van der Waals surface area contributed by atoms with E-state index in [2.05, 4.69) is 30.9 Å². The fourth-order valence-electron chi connectivity index (χ4n) is 3.87. The summed E-state index contributed by atoms with van der Waals surface area (Å²) >= 11 is 0. The number of aromatic nitrogens is 2. The standard InChI is InChI=1S/C26H39N9O6/c1-14(2)21(25(40)41)35-24(39)20(11-16-12-30-13-32-16)34-23(38)19(10-15-5-7-17(36)8-6-15)33-22(37)18(27)4-3-9-31-26(28)29/h5-8,12-14,18-21,36H,3-4,9-11,27H2,1-2H3,(H,30,32)(H,33,37)(H,34,38)(H,35,39)(H,40,41)(H4,28,29,31). The average molecular weight is 574 g/mol. The number of amides is 3. The van der Waals surface area contributed by atoms with Crippen molar-refractivity contribution in [2.24, 2.45) is 28.1 Å². The number of rotatable bonds is 16. The van der Waals surface area contributed by atoms with Crippen LogP contribution in [0.2, 0.25) is 0 Å². The topological polar surface area (TPSA) is 264 Å². The number of hydrogen-bond donors (Lipinski definition) is 9. The maximum atomic E-state index is 13.5. The number of carboxylic acid groups (broad SMARTS) is 1. The van der Waals surface area contributed by atoms with E-state index in [1.165, 1.54) is 24.7 Å². The van der Waals surface area contributed by atoms with Crippen LogP contribution in [0, 0.1) is 5.92 Å². The number of aromatic amines is 1. The summed E-state index contributed by atoms with van der Waals surface area (Å²) < 4.78 is 0. The lowest BCUT2D eigenvalue weighted by atomic mass is 10.0. The first-order chi connectivity index (χ1) is 19.4. The molecule has 0 fully saturated rings. The molecule has 1 aromatic heterocycles. The molecular formula is C26H39N9O6. The summed E-state index contributed by atoms with van der Waals surface area (Å²) in [5, 5.41) is 26.9. The number of hydrogen-bond acceptors (Lipinski definition) is 8. The highest BCUT2D eigenvalue weighted by Crippen LogP contribution is 2.12. The van der Waals surface area contributed by atoms with E-state index in [4.69, 9.17) is 17.2 Å². The molecule has 4 unspecified atom stereocenters. The summed E-state index contributed by atoms with van der Waals surface area (Å²) in [4.78, 5) is 61.9. The Balaban J connectivity index is 2.24. The van der Waals surface area contributed by atoms with Crippen molar-refractivity contribution in [3.8, 4) is 5.75 Å². The number of aliphatic imine (C=N–C) groups is 1. The highest BCUT2D eigenvalue weighted by atomic mass is 16.4. The first-order valence-electron chi connectivity index (χ1n) is 13.1. The molecule has 1 aromatic carbocycles. The molecule has 0 saturated carbocycles. The molecular weight excluding hydrogens is 534 g/mol. The minimum atomic E-state index is -1.22. The molecule has 2 aromatic rings. The van der Waals surface area contributed by atoms with E-state index >= 15 is 0 Å². The lowest BCUT2D eigenvalue weighted by Gasteiger charge is -2.26. The van der Waals surface area contributed by atoms with Gasteiger partial charge < -0.3 is 48.3 Å². The number of aliphatic carboxylic acids is 1. The van der Waals surface area contributed by atoms with E-state index in [0.29, 0.717) is 17.7 Å². The Labute approximate surface area is 237 Å². The van der Waals surface area contributed by atoms with Crippen LogP contribution in [0.3, 0.4) is 0 Å². The van der Waals surface area contributed by atoms with Crippen LogP contribution in [-0.4, -0.2) is 80.5 Å². The Bertz CT molecular complexity index is 1180. The van der Waals surface area contributed by atoms with Crippen molar-refractivity contribution in [3.63, 3.8) is 0 Å². The SMILES string of the molecule is CC(C)C(NC(=O)C(Cc1cnc[nH]1)NC(=O)C(Cc1ccc(O)cc1)NC(=O)C(N)CCCN=C(N)N)C(=O)O. The van der Waals surface area contributed by atoms with Gasteiger partial charge in [-0.2, -0.15) is 0 Å². The fraction of sp³-hybridized carbons (Fsp3) is 0.462. The number of phenols is 1. The van der Waals surface area contributed by atoms with Crippen LogP contribution in [0.4, 0.5) is 0 Å². The van der Waals surface area contributed by atoms with Gasteiger partial charge in [-0.1, -0.05) is 26.0 Å². The molecule has 1 heterocycles. The molecule has 41 heavy (non-hydrogen) atoms. The van der Waals surface area contributed by atoms with Crippen molar-refractivity contribution < 1.29 is 29.4 Å². The summed E-state index contributed by atoms with van der Waals surface area (Å²) in [5.41, 5.74) is 17.8. The van der Waals surface area contributed by atoms with Crippen molar-refractivity contribution in [1.29, 1.82) is 0 Å². The molecule has 15 nitrogen and oxygen atoms in total. The minimum Gasteiger partial charge on any atom is -0.508 e. The zero-order valence-electron chi connectivity index (χ0n) is 23.0. The highest BCUT2D eigenvalue weighted by molar-refractivity contribution is 5.94. The molecule has 0 saturated heterocycles. The number of aromatic hydroxyl groups is 1. The predicted octanol–water partition coefficient (Wildman–Crippen LogP) is -1.52. The van der Waals surface area contributed by atoms with Gasteiger partial charge in [0.05, 0.1) is 12.4 Å². The van der Waals surface area contributed by atoms with E-state index in [1.54, 1.807) is 26.0 Å². The summed E-state index contributed by atoms with van der Waals surface area (Å²) in [6, 6.07) is 1.54. The van der Waals surface area contributed by atoms with Crippen molar-refractivity contribution >= 4 is 29.7 Å². The van der Waals surface area contributed by atoms with E-state index < -0.39 is 53.8 Å². The number of phenolic OH excluding ortho intramolecular Hbond substituents is 1. The summed E-state index contributed by atoms with van der Waals surface area (Å²) in [6.07, 6.45) is 3.54. The largest absolute Gasteiger partial charge is 0.508 e. The Morgan fingerprint density at radius 1 is 0.976 bits per heavy atom. The summed E-state index contributed by atoms with van der Waals surface area (Å²) in [5.74, 6) is -3.72. The number of guanidine groups is 1. The number of nitrogens with zero attached hydrogens (tertiary/aromatic N) is 2. The molecule has 15 heteroatoms. The molecule has 0 aliphatic heterocycles. The Kier molecular flexibility index (Phi) is 12.6. The summed E-state index contributed by atoms with van der Waals surface area (Å²) in [6.45, 7) is 3.56. The van der Waals surface area contributed by atoms with E-state index in [1.807, 2.05) is 0 Å². The van der Waals surface area contributed by atoms with Crippen molar-refractivity contribution in [1.82, 2.24) is 25.9 Å². The van der Waals surface area contributed by atoms with Gasteiger partial charge in [0.1, 0.15) is 23.9 Å². The predicted molar refractivity (Wildman–Crippen MR) is 150 cm³/mol. The van der Waals surface area contributed by atoms with E-state index in [-0.39, 0.29) is 37.5 Å². The molecule has 4 atom stereocenters. The van der Waals surface area contributed by atoms with Crippen LogP contribution in [0.25, 0.3) is 0 Å². The molecule has 3 amide bonds. The molecule has 0 radical (unpaired) electrons. The number of carboxylic acids is 1. The van der Waals surface area contributed by atoms with Gasteiger partial charge in [-0.3, -0.25) is 19.4 Å². The molecule has 0 spiro atoms. The van der Waals surface area contributed by atoms with Gasteiger partial charge >= 0.3 is 5.97 Å². The molecule has 2 rings (SSSR count). The number of carbonyl (C=O) groups is 4. The maximum absolute atomic E-state index is 13.5. The maximum Gasteiger partial charge on any atom is 0.326 e. The number of H-pyrrole nitrogens is 1. The van der Waals surface area contributed by atoms with Gasteiger partial charge in [-0.05, 0) is 36.5 Å². The van der Waals surface area contributed by atoms with Crippen LogP contribution >= 0.6 is 0 Å². The van der Waals surface area contributed by atoms with Crippen molar-refractivity contribution in [3.05, 3.63) is 48.0 Å². The number of carbonyl (C=O) groups excluding carboxylic acids is 3. The zero-order valence-corrected chi connectivity index (χ0v) is 23.0. The fourth-order valence-corrected chi connectivity index (χ4v) is 3.87. The van der Waals surface area contributed by atoms with Gasteiger partial charge in [0.15, 0.2) is 5.96 Å². The molecule has 0 bridgehead atoms. The Morgan fingerprint density at radius 3 is 2.15 bits per heavy atom. The first kappa shape index (κ1) is 32.6. The average Bonchev–Trinajstić information content (AvgIpc) is 3.42. The highest BCUT2D eigenvalue weighted by Gasteiger charge is 2.32. The second-order valence-electron chi connectivity index (χ2n) is 9.90. The van der Waals surface area contributed by atoms with Gasteiger partial charge in [0, 0.05) is 31.3 Å². The lowest BCUT2D eigenvalue weighted by molar-refractivity contribution is -0.143. The number of nitrogens with one attached hydrogen (secondary N) is 4. The molecule has 224 valence electrons. The quantitative estimate of drug-likeness (QED) is 0.0635. The Morgan fingerprint density at radius 2 is 1.59 bits per heavy atom. The second kappa shape index (κ2) is 15.8. The molecule has 12 N–H and O–H groups in total. The molecule has 0 aliphatic carbocycles. The van der Waals surface area contributed by atoms with Crippen LogP contribution < -0.4 is 33.2 Å². The van der Waals surface area contributed by atoms with Gasteiger partial charge in [-0.15, -0.1) is 0 Å². The third-order valence-electron chi connectivity index (χ3n) is 6.16. The van der Waals surface area contributed by atoms with Crippen LogP contribution in [0.15, 0.2) is 41.8 Å². The van der Waals surface area contributed by atoms with E-state index in [9.17, 15) is 29.4 Å². The minimum absolute atomic E-state index is 0.0146. The van der Waals surface area contributed by atoms with Crippen LogP contribution in [0.1, 0.15) is 37.9 Å². The third kappa shape index (κ3) is 11.2. The lowest BCUT2D eigenvalue weighted by Crippen LogP contribution is -2.58. The number of nitrogens with two attached hydrogens (primary N) is 3. The van der Waals surface area contributed by atoms with E-state index in [0.717, 1.165) is 0 Å². The third-order valence-corrected chi connectivity index (χ3v) is 6.16. The monoisotopic (exact) mass is 573 g/mol. The zero-order chi connectivity index (χ0) is 30.5. The van der Waals surface area contributed by atoms with Crippen molar-refractivity contribution in [2.75, 3.05) is 6.54 Å². The van der Waals surface area contributed by atoms with Crippen molar-refractivity contribution in [2.45, 2.75) is 63.7 Å². The second-order valence-corrected chi connectivity index (χ2v) is 9.90. The molecule has 0 aliphatic rings. The van der Waals surface area contributed by atoms with Gasteiger partial charge in [0.2, 0.25) is 17.7 Å². The van der Waals surface area contributed by atoms with Gasteiger partial charge in [-0.25, -0.2) is 9.78 Å². The Hall–Kier alpha value is -4.66. The normalized spacial score (nSPS) is 13.9. The van der Waals surface area contributed by atoms with Crippen LogP contribution in [-0.2, 0) is 32.0 Å². The van der Waals surface area contributed by atoms with Gasteiger partial charge in [0.25, 0.3) is 0 Å². The smallest absolute Gasteiger partial charge is 0.326 e. The summed E-state index contributed by atoms with van der Waals surface area (Å²) in [7, 11) is 0. The number of benzene rings is 1. The first-order valence-corrected chi connectivity index (χ1v) is 13.1. The number of imidazole rings is 1. The van der Waals surface area contributed by atoms with Crippen LogP contribution in [0.5, 0.6) is 5.75 Å².